The molecule has 0 atom stereocenters. The van der Waals surface area contributed by atoms with E-state index in [1.165, 1.54) is 42.6 Å². The van der Waals surface area contributed by atoms with Crippen LogP contribution >= 0.6 is 22.9 Å². The van der Waals surface area contributed by atoms with Gasteiger partial charge in [0.15, 0.2) is 0 Å². The molecule has 0 aliphatic carbocycles. The molecule has 5 nitrogen and oxygen atoms in total. The van der Waals surface area contributed by atoms with Crippen molar-refractivity contribution in [2.24, 2.45) is 0 Å². The van der Waals surface area contributed by atoms with Crippen molar-refractivity contribution in [3.63, 3.8) is 0 Å². The standard InChI is InChI=1S/C22H23ClN4OS/c23-19-11-9-18(10-12-19)21-25-26-22(29-21)24-20(28)17-7-5-16(6-8-17)15-27-13-3-1-2-4-14-27/h5-12H,1-4,13-15H2,(H,24,26,28). The number of hydrogen-bond acceptors (Lipinski definition) is 5. The maximum atomic E-state index is 12.6. The molecule has 3 aromatic rings. The molecule has 1 saturated heterocycles. The fraction of sp³-hybridized carbons (Fsp3) is 0.318. The van der Waals surface area contributed by atoms with Gasteiger partial charge in [-0.3, -0.25) is 15.0 Å². The van der Waals surface area contributed by atoms with Crippen molar-refractivity contribution in [1.82, 2.24) is 15.1 Å². The number of hydrogen-bond donors (Lipinski definition) is 1. The number of anilines is 1. The summed E-state index contributed by atoms with van der Waals surface area (Å²) in [5, 5.41) is 13.0. The highest BCUT2D eigenvalue weighted by Crippen LogP contribution is 2.27. The Morgan fingerprint density at radius 1 is 0.966 bits per heavy atom. The third-order valence-electron chi connectivity index (χ3n) is 5.06. The Bertz CT molecular complexity index is 948. The summed E-state index contributed by atoms with van der Waals surface area (Å²) in [7, 11) is 0. The number of nitrogens with zero attached hydrogens (tertiary/aromatic N) is 3. The van der Waals surface area contributed by atoms with Crippen LogP contribution in [0.3, 0.4) is 0 Å². The van der Waals surface area contributed by atoms with Gasteiger partial charge in [0.2, 0.25) is 5.13 Å². The highest BCUT2D eigenvalue weighted by molar-refractivity contribution is 7.18. The number of nitrogens with one attached hydrogen (secondary N) is 1. The highest BCUT2D eigenvalue weighted by Gasteiger charge is 2.13. The van der Waals surface area contributed by atoms with E-state index in [1.807, 2.05) is 48.5 Å². The first kappa shape index (κ1) is 20.0. The minimum atomic E-state index is -0.176. The molecule has 4 rings (SSSR count). The zero-order chi connectivity index (χ0) is 20.1. The second kappa shape index (κ2) is 9.48. The molecule has 2 heterocycles. The van der Waals surface area contributed by atoms with Gasteiger partial charge in [0.1, 0.15) is 5.01 Å². The van der Waals surface area contributed by atoms with Crippen LogP contribution in [-0.4, -0.2) is 34.1 Å². The first-order valence-corrected chi connectivity index (χ1v) is 11.1. The summed E-state index contributed by atoms with van der Waals surface area (Å²) in [6.07, 6.45) is 5.22. The van der Waals surface area contributed by atoms with Gasteiger partial charge in [-0.2, -0.15) is 0 Å². The van der Waals surface area contributed by atoms with Crippen molar-refractivity contribution in [1.29, 1.82) is 0 Å². The van der Waals surface area contributed by atoms with Crippen LogP contribution in [0.2, 0.25) is 5.02 Å². The summed E-state index contributed by atoms with van der Waals surface area (Å²) in [4.78, 5) is 15.1. The van der Waals surface area contributed by atoms with Gasteiger partial charge in [-0.1, -0.05) is 60.0 Å². The normalized spacial score (nSPS) is 15.1. The van der Waals surface area contributed by atoms with Gasteiger partial charge >= 0.3 is 0 Å². The van der Waals surface area contributed by atoms with Crippen molar-refractivity contribution in [3.8, 4) is 10.6 Å². The molecule has 150 valence electrons. The van der Waals surface area contributed by atoms with E-state index in [9.17, 15) is 4.79 Å². The molecule has 0 spiro atoms. The van der Waals surface area contributed by atoms with Crippen LogP contribution < -0.4 is 5.32 Å². The molecule has 1 aromatic heterocycles. The van der Waals surface area contributed by atoms with Crippen molar-refractivity contribution in [2.45, 2.75) is 32.2 Å². The third kappa shape index (κ3) is 5.41. The lowest BCUT2D eigenvalue weighted by molar-refractivity contribution is 0.102. The van der Waals surface area contributed by atoms with E-state index in [0.717, 1.165) is 30.2 Å². The minimum absolute atomic E-state index is 0.176. The van der Waals surface area contributed by atoms with E-state index in [1.54, 1.807) is 0 Å². The van der Waals surface area contributed by atoms with E-state index >= 15 is 0 Å². The van der Waals surface area contributed by atoms with Crippen molar-refractivity contribution >= 4 is 34.0 Å². The lowest BCUT2D eigenvalue weighted by Gasteiger charge is -2.19. The van der Waals surface area contributed by atoms with Crippen LogP contribution in [0.25, 0.3) is 10.6 Å². The Hall–Kier alpha value is -2.28. The van der Waals surface area contributed by atoms with Crippen molar-refractivity contribution in [3.05, 3.63) is 64.7 Å². The zero-order valence-corrected chi connectivity index (χ0v) is 17.7. The zero-order valence-electron chi connectivity index (χ0n) is 16.1. The first-order valence-electron chi connectivity index (χ1n) is 9.89. The molecule has 0 radical (unpaired) electrons. The number of rotatable bonds is 5. The molecule has 0 saturated carbocycles. The second-order valence-corrected chi connectivity index (χ2v) is 8.67. The number of carbonyl (C=O) groups is 1. The van der Waals surface area contributed by atoms with E-state index in [-0.39, 0.29) is 5.91 Å². The quantitative estimate of drug-likeness (QED) is 0.586. The van der Waals surface area contributed by atoms with E-state index < -0.39 is 0 Å². The number of amides is 1. The smallest absolute Gasteiger partial charge is 0.257 e. The Morgan fingerprint density at radius 2 is 1.66 bits per heavy atom. The van der Waals surface area contributed by atoms with Gasteiger partial charge in [-0.05, 0) is 55.8 Å². The summed E-state index contributed by atoms with van der Waals surface area (Å²) < 4.78 is 0. The maximum Gasteiger partial charge on any atom is 0.257 e. The predicted octanol–water partition coefficient (Wildman–Crippen LogP) is 5.49. The highest BCUT2D eigenvalue weighted by atomic mass is 35.5. The molecular formula is C22H23ClN4OS. The van der Waals surface area contributed by atoms with Gasteiger partial charge in [-0.25, -0.2) is 0 Å². The Morgan fingerprint density at radius 3 is 2.34 bits per heavy atom. The van der Waals surface area contributed by atoms with Crippen LogP contribution in [-0.2, 0) is 6.54 Å². The number of halogens is 1. The molecule has 2 aromatic carbocycles. The van der Waals surface area contributed by atoms with Crippen LogP contribution in [0.1, 0.15) is 41.6 Å². The molecular weight excluding hydrogens is 404 g/mol. The van der Waals surface area contributed by atoms with E-state index in [0.29, 0.717) is 15.7 Å². The molecule has 1 aliphatic rings. The van der Waals surface area contributed by atoms with E-state index in [4.69, 9.17) is 11.6 Å². The lowest BCUT2D eigenvalue weighted by atomic mass is 10.1. The molecule has 1 amide bonds. The number of benzene rings is 2. The first-order chi connectivity index (χ1) is 14.2. The predicted molar refractivity (Wildman–Crippen MR) is 118 cm³/mol. The topological polar surface area (TPSA) is 58.1 Å². The SMILES string of the molecule is O=C(Nc1nnc(-c2ccc(Cl)cc2)s1)c1ccc(CN2CCCCCC2)cc1. The largest absolute Gasteiger partial charge is 0.299 e. The number of carbonyl (C=O) groups excluding carboxylic acids is 1. The third-order valence-corrected chi connectivity index (χ3v) is 6.20. The monoisotopic (exact) mass is 426 g/mol. The van der Waals surface area contributed by atoms with Crippen LogP contribution in [0.15, 0.2) is 48.5 Å². The van der Waals surface area contributed by atoms with Crippen molar-refractivity contribution < 1.29 is 4.79 Å². The number of likely N-dealkylation sites (tertiary alicyclic amines) is 1. The van der Waals surface area contributed by atoms with Crippen LogP contribution in [0.5, 0.6) is 0 Å². The molecule has 1 N–H and O–H groups in total. The Labute approximate surface area is 179 Å². The van der Waals surface area contributed by atoms with E-state index in [2.05, 4.69) is 20.4 Å². The maximum absolute atomic E-state index is 12.6. The number of aromatic nitrogens is 2. The van der Waals surface area contributed by atoms with Crippen molar-refractivity contribution in [2.75, 3.05) is 18.4 Å². The van der Waals surface area contributed by atoms with Gasteiger partial charge in [0.05, 0.1) is 0 Å². The minimum Gasteiger partial charge on any atom is -0.299 e. The average molecular weight is 427 g/mol. The fourth-order valence-electron chi connectivity index (χ4n) is 3.47. The summed E-state index contributed by atoms with van der Waals surface area (Å²) >= 11 is 7.26. The molecule has 0 bridgehead atoms. The molecule has 1 aliphatic heterocycles. The summed E-state index contributed by atoms with van der Waals surface area (Å²) in [6, 6.07) is 15.2. The van der Waals surface area contributed by atoms with Gasteiger partial charge in [-0.15, -0.1) is 10.2 Å². The summed E-state index contributed by atoms with van der Waals surface area (Å²) in [5.41, 5.74) is 2.78. The fourth-order valence-corrected chi connectivity index (χ4v) is 4.34. The molecule has 29 heavy (non-hydrogen) atoms. The van der Waals surface area contributed by atoms with Crippen LogP contribution in [0, 0.1) is 0 Å². The van der Waals surface area contributed by atoms with Gasteiger partial charge in [0, 0.05) is 22.7 Å². The lowest BCUT2D eigenvalue weighted by Crippen LogP contribution is -2.24. The van der Waals surface area contributed by atoms with Crippen LogP contribution in [0.4, 0.5) is 5.13 Å². The molecule has 1 fully saturated rings. The van der Waals surface area contributed by atoms with Gasteiger partial charge in [0.25, 0.3) is 5.91 Å². The molecule has 0 unspecified atom stereocenters. The Balaban J connectivity index is 1.36. The second-order valence-electron chi connectivity index (χ2n) is 7.26. The summed E-state index contributed by atoms with van der Waals surface area (Å²) in [5.74, 6) is -0.176. The Kier molecular flexibility index (Phi) is 6.54. The van der Waals surface area contributed by atoms with Gasteiger partial charge < -0.3 is 0 Å². The average Bonchev–Trinajstić information content (AvgIpc) is 3.04. The molecule has 7 heteroatoms. The summed E-state index contributed by atoms with van der Waals surface area (Å²) in [6.45, 7) is 3.27.